The summed E-state index contributed by atoms with van der Waals surface area (Å²) in [5, 5.41) is 0.732. The number of para-hydroxylation sites is 1. The van der Waals surface area contributed by atoms with Gasteiger partial charge in [0.2, 0.25) is 0 Å². The zero-order chi connectivity index (χ0) is 22.2. The number of ether oxygens (including phenoxy) is 1. The van der Waals surface area contributed by atoms with Crippen LogP contribution in [0.1, 0.15) is 51.9 Å². The maximum atomic E-state index is 13.6. The SMILES string of the molecule is CC(C)(C)OC(=O)N1CCCC[C@H]1c1nc2cccc(Cl)c2c(=O)n1-c1ccccc1. The molecule has 0 saturated carbocycles. The maximum Gasteiger partial charge on any atom is 0.410 e. The number of fused-ring (bicyclic) bond motifs is 1. The number of hydrogen-bond donors (Lipinski definition) is 0. The summed E-state index contributed by atoms with van der Waals surface area (Å²) in [7, 11) is 0. The lowest BCUT2D eigenvalue weighted by Gasteiger charge is -2.37. The molecule has 0 bridgehead atoms. The van der Waals surface area contributed by atoms with Crippen LogP contribution < -0.4 is 5.56 Å². The summed E-state index contributed by atoms with van der Waals surface area (Å²) < 4.78 is 7.25. The largest absolute Gasteiger partial charge is 0.444 e. The molecule has 4 rings (SSSR count). The van der Waals surface area contributed by atoms with Gasteiger partial charge in [-0.05, 0) is 64.3 Å². The minimum atomic E-state index is -0.609. The van der Waals surface area contributed by atoms with Gasteiger partial charge in [-0.2, -0.15) is 0 Å². The quantitative estimate of drug-likeness (QED) is 0.528. The Morgan fingerprint density at radius 1 is 1.10 bits per heavy atom. The molecule has 7 heteroatoms. The molecule has 2 heterocycles. The van der Waals surface area contributed by atoms with E-state index in [1.807, 2.05) is 51.1 Å². The number of carbonyl (C=O) groups excluding carboxylic acids is 1. The van der Waals surface area contributed by atoms with E-state index in [9.17, 15) is 9.59 Å². The van der Waals surface area contributed by atoms with Crippen molar-refractivity contribution in [2.75, 3.05) is 6.54 Å². The van der Waals surface area contributed by atoms with Gasteiger partial charge in [0.25, 0.3) is 5.56 Å². The number of rotatable bonds is 2. The fourth-order valence-electron chi connectivity index (χ4n) is 4.00. The average Bonchev–Trinajstić information content (AvgIpc) is 2.73. The van der Waals surface area contributed by atoms with Gasteiger partial charge in [-0.1, -0.05) is 35.9 Å². The Balaban J connectivity index is 1.93. The van der Waals surface area contributed by atoms with Gasteiger partial charge in [0.15, 0.2) is 0 Å². The average molecular weight is 440 g/mol. The highest BCUT2D eigenvalue weighted by Crippen LogP contribution is 2.33. The van der Waals surface area contributed by atoms with Gasteiger partial charge in [-0.3, -0.25) is 14.3 Å². The van der Waals surface area contributed by atoms with E-state index in [1.165, 1.54) is 0 Å². The van der Waals surface area contributed by atoms with E-state index in [1.54, 1.807) is 27.7 Å². The lowest BCUT2D eigenvalue weighted by molar-refractivity contribution is 0.00817. The number of amides is 1. The molecule has 6 nitrogen and oxygen atoms in total. The highest BCUT2D eigenvalue weighted by atomic mass is 35.5. The van der Waals surface area contributed by atoms with E-state index < -0.39 is 11.7 Å². The first-order valence-corrected chi connectivity index (χ1v) is 10.9. The van der Waals surface area contributed by atoms with Crippen LogP contribution in [0.25, 0.3) is 16.6 Å². The van der Waals surface area contributed by atoms with Gasteiger partial charge >= 0.3 is 6.09 Å². The number of halogens is 1. The van der Waals surface area contributed by atoms with E-state index >= 15 is 0 Å². The fourth-order valence-corrected chi connectivity index (χ4v) is 4.25. The summed E-state index contributed by atoms with van der Waals surface area (Å²) in [5.74, 6) is 0.525. The van der Waals surface area contributed by atoms with E-state index in [4.69, 9.17) is 21.3 Å². The van der Waals surface area contributed by atoms with Crippen LogP contribution in [-0.2, 0) is 4.74 Å². The maximum absolute atomic E-state index is 13.6. The summed E-state index contributed by atoms with van der Waals surface area (Å²) >= 11 is 6.37. The minimum Gasteiger partial charge on any atom is -0.444 e. The first-order chi connectivity index (χ1) is 14.8. The normalized spacial score (nSPS) is 17.0. The zero-order valence-corrected chi connectivity index (χ0v) is 18.7. The second-order valence-electron chi connectivity index (χ2n) is 8.77. The van der Waals surface area contributed by atoms with Gasteiger partial charge < -0.3 is 4.74 Å². The van der Waals surface area contributed by atoms with Crippen LogP contribution in [0.15, 0.2) is 53.3 Å². The Kier molecular flexibility index (Phi) is 5.75. The lowest BCUT2D eigenvalue weighted by Crippen LogP contribution is -2.44. The van der Waals surface area contributed by atoms with E-state index in [0.29, 0.717) is 40.4 Å². The molecule has 1 aliphatic heterocycles. The molecule has 1 atom stereocenters. The number of likely N-dealkylation sites (tertiary alicyclic amines) is 1. The van der Waals surface area contributed by atoms with Crippen molar-refractivity contribution in [2.45, 2.75) is 51.7 Å². The predicted octanol–water partition coefficient (Wildman–Crippen LogP) is 5.50. The molecule has 0 unspecified atom stereocenters. The van der Waals surface area contributed by atoms with Crippen molar-refractivity contribution in [3.63, 3.8) is 0 Å². The molecule has 3 aromatic rings. The summed E-state index contributed by atoms with van der Waals surface area (Å²) in [4.78, 5) is 33.2. The summed E-state index contributed by atoms with van der Waals surface area (Å²) in [6.45, 7) is 6.10. The highest BCUT2D eigenvalue weighted by Gasteiger charge is 2.35. The van der Waals surface area contributed by atoms with E-state index in [-0.39, 0.29) is 11.6 Å². The molecule has 2 aromatic carbocycles. The molecule has 1 saturated heterocycles. The molecule has 162 valence electrons. The van der Waals surface area contributed by atoms with Gasteiger partial charge in [0, 0.05) is 6.54 Å². The molecule has 0 N–H and O–H groups in total. The summed E-state index contributed by atoms with van der Waals surface area (Å²) in [5.41, 5.74) is 0.357. The zero-order valence-electron chi connectivity index (χ0n) is 18.0. The first-order valence-electron chi connectivity index (χ1n) is 10.5. The van der Waals surface area contributed by atoms with Crippen LogP contribution in [0.2, 0.25) is 5.02 Å². The second-order valence-corrected chi connectivity index (χ2v) is 9.17. The Bertz CT molecular complexity index is 1170. The predicted molar refractivity (Wildman–Crippen MR) is 122 cm³/mol. The standard InChI is InChI=1S/C24H26ClN3O3/c1-24(2,3)31-23(30)27-15-8-7-14-19(27)21-26-18-13-9-12-17(25)20(18)22(29)28(21)16-10-5-4-6-11-16/h4-6,9-13,19H,7-8,14-15H2,1-3H3/t19-/m0/s1. The van der Waals surface area contributed by atoms with Crippen molar-refractivity contribution in [1.29, 1.82) is 0 Å². The van der Waals surface area contributed by atoms with Crippen LogP contribution >= 0.6 is 11.6 Å². The van der Waals surface area contributed by atoms with Gasteiger partial charge in [0.05, 0.1) is 27.7 Å². The lowest BCUT2D eigenvalue weighted by atomic mass is 10.0. The Hall–Kier alpha value is -2.86. The Morgan fingerprint density at radius 3 is 2.55 bits per heavy atom. The van der Waals surface area contributed by atoms with Crippen LogP contribution in [0, 0.1) is 0 Å². The monoisotopic (exact) mass is 439 g/mol. The number of carbonyl (C=O) groups is 1. The Labute approximate surface area is 186 Å². The van der Waals surface area contributed by atoms with Crippen molar-refractivity contribution >= 4 is 28.6 Å². The number of aromatic nitrogens is 2. The fraction of sp³-hybridized carbons (Fsp3) is 0.375. The van der Waals surface area contributed by atoms with Gasteiger partial charge in [0.1, 0.15) is 11.4 Å². The van der Waals surface area contributed by atoms with Crippen molar-refractivity contribution in [1.82, 2.24) is 14.5 Å². The molecule has 1 amide bonds. The molecule has 31 heavy (non-hydrogen) atoms. The third kappa shape index (κ3) is 4.30. The van der Waals surface area contributed by atoms with Crippen molar-refractivity contribution in [3.05, 3.63) is 69.7 Å². The van der Waals surface area contributed by atoms with Crippen LogP contribution in [0.5, 0.6) is 0 Å². The summed E-state index contributed by atoms with van der Waals surface area (Å²) in [6, 6.07) is 14.2. The van der Waals surface area contributed by atoms with Crippen LogP contribution in [0.4, 0.5) is 4.79 Å². The molecule has 1 aromatic heterocycles. The topological polar surface area (TPSA) is 64.4 Å². The molecule has 0 spiro atoms. The molecular weight excluding hydrogens is 414 g/mol. The molecular formula is C24H26ClN3O3. The Morgan fingerprint density at radius 2 is 1.84 bits per heavy atom. The highest BCUT2D eigenvalue weighted by molar-refractivity contribution is 6.35. The van der Waals surface area contributed by atoms with Gasteiger partial charge in [-0.25, -0.2) is 9.78 Å². The number of benzene rings is 2. The van der Waals surface area contributed by atoms with E-state index in [0.717, 1.165) is 12.8 Å². The van der Waals surface area contributed by atoms with Crippen LogP contribution in [-0.4, -0.2) is 32.7 Å². The van der Waals surface area contributed by atoms with Crippen molar-refractivity contribution in [3.8, 4) is 5.69 Å². The van der Waals surface area contributed by atoms with E-state index in [2.05, 4.69) is 0 Å². The third-order valence-electron chi connectivity index (χ3n) is 5.32. The van der Waals surface area contributed by atoms with Crippen LogP contribution in [0.3, 0.4) is 0 Å². The smallest absolute Gasteiger partial charge is 0.410 e. The minimum absolute atomic E-state index is 0.244. The third-order valence-corrected chi connectivity index (χ3v) is 5.63. The molecule has 0 radical (unpaired) electrons. The number of piperidine rings is 1. The molecule has 1 fully saturated rings. The van der Waals surface area contributed by atoms with Crippen molar-refractivity contribution < 1.29 is 9.53 Å². The first kappa shape index (κ1) is 21.4. The number of hydrogen-bond acceptors (Lipinski definition) is 4. The van der Waals surface area contributed by atoms with Gasteiger partial charge in [-0.15, -0.1) is 0 Å². The molecule has 1 aliphatic rings. The summed E-state index contributed by atoms with van der Waals surface area (Å²) in [6.07, 6.45) is 2.12. The molecule has 0 aliphatic carbocycles. The number of nitrogens with zero attached hydrogens (tertiary/aromatic N) is 3. The van der Waals surface area contributed by atoms with Crippen molar-refractivity contribution in [2.24, 2.45) is 0 Å². The second kappa shape index (κ2) is 8.35.